The smallest absolute Gasteiger partial charge is 0.267 e. The summed E-state index contributed by atoms with van der Waals surface area (Å²) in [7, 11) is -1.84. The monoisotopic (exact) mass is 393 g/mol. The molecular formula is C16H19N5O3S2. The Morgan fingerprint density at radius 2 is 2.15 bits per heavy atom. The number of aromatic nitrogens is 4. The molecular weight excluding hydrogens is 374 g/mol. The van der Waals surface area contributed by atoms with Crippen LogP contribution in [0.25, 0.3) is 10.8 Å². The minimum atomic E-state index is -3.59. The SMILES string of the molecule is Cc1nn(C)c(C)c1S(=O)(=O)N1CC[C@@H](c2noc(-c3cccs3)n2)C1. The van der Waals surface area contributed by atoms with Crippen molar-refractivity contribution in [3.63, 3.8) is 0 Å². The fourth-order valence-corrected chi connectivity index (χ4v) is 5.86. The van der Waals surface area contributed by atoms with Gasteiger partial charge in [-0.25, -0.2) is 8.42 Å². The van der Waals surface area contributed by atoms with E-state index in [0.717, 1.165) is 4.88 Å². The molecule has 3 aromatic heterocycles. The Morgan fingerprint density at radius 1 is 1.35 bits per heavy atom. The van der Waals surface area contributed by atoms with E-state index in [9.17, 15) is 8.42 Å². The van der Waals surface area contributed by atoms with Gasteiger partial charge in [0.2, 0.25) is 10.0 Å². The van der Waals surface area contributed by atoms with Crippen molar-refractivity contribution in [1.29, 1.82) is 0 Å². The van der Waals surface area contributed by atoms with Gasteiger partial charge in [-0.15, -0.1) is 11.3 Å². The largest absolute Gasteiger partial charge is 0.333 e. The number of nitrogens with zero attached hydrogens (tertiary/aromatic N) is 5. The lowest BCUT2D eigenvalue weighted by molar-refractivity contribution is 0.415. The predicted octanol–water partition coefficient (Wildman–Crippen LogP) is 2.33. The zero-order chi connectivity index (χ0) is 18.5. The van der Waals surface area contributed by atoms with Gasteiger partial charge in [0.15, 0.2) is 5.82 Å². The Balaban J connectivity index is 1.57. The highest BCUT2D eigenvalue weighted by Gasteiger charge is 2.38. The van der Waals surface area contributed by atoms with Crippen molar-refractivity contribution in [1.82, 2.24) is 24.2 Å². The van der Waals surface area contributed by atoms with Gasteiger partial charge in [-0.3, -0.25) is 4.68 Å². The van der Waals surface area contributed by atoms with E-state index in [4.69, 9.17) is 4.52 Å². The molecule has 0 radical (unpaired) electrons. The summed E-state index contributed by atoms with van der Waals surface area (Å²) in [4.78, 5) is 5.67. The molecule has 4 rings (SSSR count). The predicted molar refractivity (Wildman–Crippen MR) is 96.4 cm³/mol. The van der Waals surface area contributed by atoms with Crippen molar-refractivity contribution in [3.8, 4) is 10.8 Å². The summed E-state index contributed by atoms with van der Waals surface area (Å²) in [6, 6.07) is 3.84. The van der Waals surface area contributed by atoms with Crippen LogP contribution in [0, 0.1) is 13.8 Å². The summed E-state index contributed by atoms with van der Waals surface area (Å²) in [5, 5.41) is 10.2. The van der Waals surface area contributed by atoms with E-state index in [1.165, 1.54) is 15.6 Å². The van der Waals surface area contributed by atoms with Gasteiger partial charge in [0.05, 0.1) is 16.3 Å². The van der Waals surface area contributed by atoms with Crippen LogP contribution < -0.4 is 0 Å². The molecule has 0 N–H and O–H groups in total. The zero-order valence-electron chi connectivity index (χ0n) is 14.7. The molecule has 0 bridgehead atoms. The van der Waals surface area contributed by atoms with Gasteiger partial charge in [0.25, 0.3) is 5.89 Å². The quantitative estimate of drug-likeness (QED) is 0.675. The van der Waals surface area contributed by atoms with Gasteiger partial charge >= 0.3 is 0 Å². The van der Waals surface area contributed by atoms with Gasteiger partial charge in [-0.2, -0.15) is 14.4 Å². The van der Waals surface area contributed by atoms with Crippen molar-refractivity contribution >= 4 is 21.4 Å². The third kappa shape index (κ3) is 2.78. The Hall–Kier alpha value is -2.04. The van der Waals surface area contributed by atoms with Crippen LogP contribution in [0.5, 0.6) is 0 Å². The van der Waals surface area contributed by atoms with Crippen LogP contribution >= 0.6 is 11.3 Å². The molecule has 26 heavy (non-hydrogen) atoms. The van der Waals surface area contributed by atoms with E-state index in [1.54, 1.807) is 25.6 Å². The highest BCUT2D eigenvalue weighted by Crippen LogP contribution is 2.33. The third-order valence-corrected chi connectivity index (χ3v) is 7.71. The molecule has 1 aliphatic heterocycles. The first-order valence-electron chi connectivity index (χ1n) is 8.25. The second-order valence-corrected chi connectivity index (χ2v) is 9.23. The van der Waals surface area contributed by atoms with E-state index < -0.39 is 10.0 Å². The molecule has 4 heterocycles. The van der Waals surface area contributed by atoms with Crippen molar-refractivity contribution in [2.75, 3.05) is 13.1 Å². The molecule has 1 saturated heterocycles. The molecule has 10 heteroatoms. The number of aryl methyl sites for hydroxylation is 2. The lowest BCUT2D eigenvalue weighted by Crippen LogP contribution is -2.29. The number of sulfonamides is 1. The van der Waals surface area contributed by atoms with E-state index in [2.05, 4.69) is 15.2 Å². The lowest BCUT2D eigenvalue weighted by Gasteiger charge is -2.16. The van der Waals surface area contributed by atoms with Crippen molar-refractivity contribution in [2.45, 2.75) is 31.1 Å². The molecule has 1 fully saturated rings. The van der Waals surface area contributed by atoms with Crippen LogP contribution in [0.3, 0.4) is 0 Å². The van der Waals surface area contributed by atoms with Crippen LogP contribution in [0.15, 0.2) is 26.9 Å². The molecule has 138 valence electrons. The van der Waals surface area contributed by atoms with E-state index in [1.807, 2.05) is 17.5 Å². The van der Waals surface area contributed by atoms with Gasteiger partial charge in [0.1, 0.15) is 4.90 Å². The zero-order valence-corrected chi connectivity index (χ0v) is 16.3. The minimum absolute atomic E-state index is 0.0699. The van der Waals surface area contributed by atoms with Gasteiger partial charge in [-0.1, -0.05) is 11.2 Å². The van der Waals surface area contributed by atoms with Gasteiger partial charge in [0, 0.05) is 26.1 Å². The average Bonchev–Trinajstić information content (AvgIpc) is 3.34. The molecule has 0 unspecified atom stereocenters. The van der Waals surface area contributed by atoms with Crippen LogP contribution in [0.1, 0.15) is 29.6 Å². The summed E-state index contributed by atoms with van der Waals surface area (Å²) >= 11 is 1.53. The molecule has 0 amide bonds. The topological polar surface area (TPSA) is 94.1 Å². The molecule has 0 spiro atoms. The van der Waals surface area contributed by atoms with E-state index >= 15 is 0 Å². The minimum Gasteiger partial charge on any atom is -0.333 e. The third-order valence-electron chi connectivity index (χ3n) is 4.73. The van der Waals surface area contributed by atoms with Crippen LogP contribution in [0.2, 0.25) is 0 Å². The van der Waals surface area contributed by atoms with Gasteiger partial charge < -0.3 is 4.52 Å². The van der Waals surface area contributed by atoms with Crippen molar-refractivity contribution < 1.29 is 12.9 Å². The van der Waals surface area contributed by atoms with Crippen LogP contribution in [-0.4, -0.2) is 45.7 Å². The highest BCUT2D eigenvalue weighted by atomic mass is 32.2. The summed E-state index contributed by atoms with van der Waals surface area (Å²) in [6.45, 7) is 4.27. The molecule has 1 aliphatic rings. The first-order valence-corrected chi connectivity index (χ1v) is 10.6. The second kappa shape index (κ2) is 6.29. The molecule has 3 aromatic rings. The molecule has 0 aliphatic carbocycles. The van der Waals surface area contributed by atoms with Crippen LogP contribution in [0.4, 0.5) is 0 Å². The van der Waals surface area contributed by atoms with Crippen molar-refractivity contribution in [3.05, 3.63) is 34.7 Å². The second-order valence-electron chi connectivity index (χ2n) is 6.41. The summed E-state index contributed by atoms with van der Waals surface area (Å²) in [5.74, 6) is 0.973. The first kappa shape index (κ1) is 17.4. The number of hydrogen-bond donors (Lipinski definition) is 0. The maximum absolute atomic E-state index is 13.1. The normalized spacial score (nSPS) is 18.7. The Labute approximate surface area is 155 Å². The fourth-order valence-electron chi connectivity index (χ4n) is 3.31. The summed E-state index contributed by atoms with van der Waals surface area (Å²) in [6.07, 6.45) is 0.668. The maximum atomic E-state index is 13.1. The summed E-state index contributed by atoms with van der Waals surface area (Å²) < 4.78 is 34.6. The van der Waals surface area contributed by atoms with E-state index in [-0.39, 0.29) is 5.92 Å². The molecule has 0 saturated carbocycles. The molecule has 8 nitrogen and oxygen atoms in total. The average molecular weight is 393 g/mol. The Morgan fingerprint density at radius 3 is 2.81 bits per heavy atom. The van der Waals surface area contributed by atoms with Crippen LogP contribution in [-0.2, 0) is 17.1 Å². The Kier molecular flexibility index (Phi) is 4.20. The Bertz CT molecular complexity index is 1040. The summed E-state index contributed by atoms with van der Waals surface area (Å²) in [5.41, 5.74) is 1.17. The fraction of sp³-hybridized carbons (Fsp3) is 0.438. The number of hydrogen-bond acceptors (Lipinski definition) is 7. The standard InChI is InChI=1S/C16H19N5O3S2/c1-10-14(11(2)20(3)18-10)26(22,23)21-7-6-12(9-21)15-17-16(24-19-15)13-5-4-8-25-13/h4-5,8,12H,6-7,9H2,1-3H3/t12-/m1/s1. The maximum Gasteiger partial charge on any atom is 0.267 e. The lowest BCUT2D eigenvalue weighted by atomic mass is 10.1. The first-order chi connectivity index (χ1) is 12.4. The highest BCUT2D eigenvalue weighted by molar-refractivity contribution is 7.89. The molecule has 1 atom stereocenters. The number of thiophene rings is 1. The molecule has 0 aromatic carbocycles. The van der Waals surface area contributed by atoms with Gasteiger partial charge in [-0.05, 0) is 31.7 Å². The number of rotatable bonds is 4. The van der Waals surface area contributed by atoms with E-state index in [0.29, 0.717) is 47.5 Å². The van der Waals surface area contributed by atoms with Crippen molar-refractivity contribution in [2.24, 2.45) is 7.05 Å².